The lowest BCUT2D eigenvalue weighted by Crippen LogP contribution is -2.07. The van der Waals surface area contributed by atoms with E-state index >= 15 is 0 Å². The van der Waals surface area contributed by atoms with Crippen molar-refractivity contribution in [1.29, 1.82) is 0 Å². The van der Waals surface area contributed by atoms with Crippen molar-refractivity contribution in [3.8, 4) is 22.5 Å². The third-order valence-corrected chi connectivity index (χ3v) is 8.51. The molecule has 0 spiro atoms. The van der Waals surface area contributed by atoms with E-state index in [1.165, 1.54) is 67.2 Å². The van der Waals surface area contributed by atoms with Gasteiger partial charge in [0.2, 0.25) is 0 Å². The van der Waals surface area contributed by atoms with E-state index in [0.717, 1.165) is 38.5 Å². The summed E-state index contributed by atoms with van der Waals surface area (Å²) in [6, 6.07) is 27.1. The van der Waals surface area contributed by atoms with Gasteiger partial charge in [0.15, 0.2) is 0 Å². The summed E-state index contributed by atoms with van der Waals surface area (Å²) < 4.78 is 5.05. The fraction of sp³-hybridized carbons (Fsp3) is 0.167. The number of aromatic nitrogens is 2. The highest BCUT2D eigenvalue weighted by atomic mass is 15.0. The van der Waals surface area contributed by atoms with Crippen LogP contribution < -0.4 is 0 Å². The first kappa shape index (κ1) is 21.8. The van der Waals surface area contributed by atoms with Gasteiger partial charge in [-0.25, -0.2) is 0 Å². The molecular formula is C36H30N2. The minimum atomic E-state index is 1.08. The summed E-state index contributed by atoms with van der Waals surface area (Å²) in [4.78, 5) is 0. The molecule has 0 atom stereocenters. The van der Waals surface area contributed by atoms with Gasteiger partial charge in [-0.1, -0.05) is 78.9 Å². The molecule has 2 heteroatoms. The van der Waals surface area contributed by atoms with Crippen molar-refractivity contribution < 1.29 is 0 Å². The molecule has 3 aromatic carbocycles. The van der Waals surface area contributed by atoms with Crippen molar-refractivity contribution in [3.63, 3.8) is 0 Å². The summed E-state index contributed by atoms with van der Waals surface area (Å²) in [7, 11) is 0. The number of benzene rings is 3. The van der Waals surface area contributed by atoms with Gasteiger partial charge in [-0.05, 0) is 80.0 Å². The third kappa shape index (κ3) is 3.26. The minimum Gasteiger partial charge on any atom is -0.317 e. The molecule has 184 valence electrons. The number of hydrogen-bond donors (Lipinski definition) is 0. The molecule has 2 heterocycles. The second-order valence-corrected chi connectivity index (χ2v) is 10.7. The highest BCUT2D eigenvalue weighted by Gasteiger charge is 2.23. The van der Waals surface area contributed by atoms with Gasteiger partial charge < -0.3 is 9.13 Å². The Kier molecular flexibility index (Phi) is 4.94. The van der Waals surface area contributed by atoms with Crippen LogP contribution in [0.4, 0.5) is 0 Å². The number of allylic oxidation sites excluding steroid dienone is 3. The number of para-hydroxylation sites is 1. The lowest BCUT2D eigenvalue weighted by Gasteiger charge is -2.17. The number of rotatable bonds is 3. The van der Waals surface area contributed by atoms with Crippen LogP contribution in [0.3, 0.4) is 0 Å². The van der Waals surface area contributed by atoms with Crippen LogP contribution in [0.2, 0.25) is 0 Å². The predicted octanol–water partition coefficient (Wildman–Crippen LogP) is 8.97. The molecule has 0 amide bonds. The highest BCUT2D eigenvalue weighted by molar-refractivity contribution is 5.93. The fourth-order valence-corrected chi connectivity index (χ4v) is 6.85. The van der Waals surface area contributed by atoms with Gasteiger partial charge in [-0.3, -0.25) is 0 Å². The van der Waals surface area contributed by atoms with Crippen LogP contribution in [0, 0.1) is 0 Å². The van der Waals surface area contributed by atoms with E-state index in [9.17, 15) is 0 Å². The third-order valence-electron chi connectivity index (χ3n) is 8.51. The van der Waals surface area contributed by atoms with Gasteiger partial charge in [0.1, 0.15) is 0 Å². The summed E-state index contributed by atoms with van der Waals surface area (Å²) >= 11 is 0. The Balaban J connectivity index is 1.27. The predicted molar refractivity (Wildman–Crippen MR) is 160 cm³/mol. The molecule has 0 fully saturated rings. The van der Waals surface area contributed by atoms with Crippen molar-refractivity contribution in [2.24, 2.45) is 0 Å². The van der Waals surface area contributed by atoms with E-state index < -0.39 is 0 Å². The van der Waals surface area contributed by atoms with Crippen molar-refractivity contribution in [2.45, 2.75) is 38.5 Å². The normalized spacial score (nSPS) is 15.5. The molecule has 8 rings (SSSR count). The lowest BCUT2D eigenvalue weighted by molar-refractivity contribution is 0.813. The van der Waals surface area contributed by atoms with Crippen molar-refractivity contribution in [1.82, 2.24) is 9.13 Å². The molecule has 0 saturated carbocycles. The smallest absolute Gasteiger partial charge is 0.0537 e. The van der Waals surface area contributed by atoms with Crippen LogP contribution in [0.1, 0.15) is 53.0 Å². The standard InChI is InChI=1S/C36H30N2/c1-5-19-33-29(15-1)30-16-2-6-20-34(30)37(33)27-13-9-11-25(23-27)26-12-10-14-28(24-26)38-35-21-7-3-17-31(35)32-18-4-8-22-36(32)38/h1-5,9-19,23-24H,6-8,20-22H2. The summed E-state index contributed by atoms with van der Waals surface area (Å²) in [5, 5.41) is 1.34. The van der Waals surface area contributed by atoms with Crippen molar-refractivity contribution in [2.75, 3.05) is 0 Å². The quantitative estimate of drug-likeness (QED) is 0.239. The summed E-state index contributed by atoms with van der Waals surface area (Å²) in [6.07, 6.45) is 20.6. The van der Waals surface area contributed by atoms with E-state index in [-0.39, 0.29) is 0 Å². The van der Waals surface area contributed by atoms with Crippen LogP contribution in [-0.2, 0) is 19.3 Å². The Morgan fingerprint density at radius 1 is 0.474 bits per heavy atom. The summed E-state index contributed by atoms with van der Waals surface area (Å²) in [5.41, 5.74) is 14.9. The molecule has 3 aliphatic carbocycles. The molecule has 0 unspecified atom stereocenters. The van der Waals surface area contributed by atoms with Gasteiger partial charge in [0.25, 0.3) is 0 Å². The molecule has 0 bridgehead atoms. The number of nitrogens with zero attached hydrogens (tertiary/aromatic N) is 2. The first-order valence-electron chi connectivity index (χ1n) is 14.0. The van der Waals surface area contributed by atoms with Gasteiger partial charge >= 0.3 is 0 Å². The van der Waals surface area contributed by atoms with E-state index in [4.69, 9.17) is 0 Å². The van der Waals surface area contributed by atoms with Gasteiger partial charge in [-0.2, -0.15) is 0 Å². The van der Waals surface area contributed by atoms with Crippen molar-refractivity contribution >= 4 is 29.1 Å². The monoisotopic (exact) mass is 490 g/mol. The van der Waals surface area contributed by atoms with Crippen LogP contribution in [-0.4, -0.2) is 9.13 Å². The summed E-state index contributed by atoms with van der Waals surface area (Å²) in [5.74, 6) is 0. The van der Waals surface area contributed by atoms with E-state index in [2.05, 4.69) is 118 Å². The second kappa shape index (κ2) is 8.63. The van der Waals surface area contributed by atoms with Crippen LogP contribution in [0.25, 0.3) is 51.6 Å². The molecule has 2 aromatic heterocycles. The largest absolute Gasteiger partial charge is 0.317 e. The Hall–Kier alpha value is -4.30. The number of hydrogen-bond acceptors (Lipinski definition) is 0. The number of fused-ring (bicyclic) bond motifs is 6. The molecule has 0 aliphatic heterocycles. The maximum atomic E-state index is 2.56. The van der Waals surface area contributed by atoms with Gasteiger partial charge in [0.05, 0.1) is 5.52 Å². The first-order valence-corrected chi connectivity index (χ1v) is 14.0. The van der Waals surface area contributed by atoms with Crippen LogP contribution >= 0.6 is 0 Å². The highest BCUT2D eigenvalue weighted by Crippen LogP contribution is 2.38. The van der Waals surface area contributed by atoms with E-state index in [0.29, 0.717) is 0 Å². The molecule has 5 aromatic rings. The zero-order chi connectivity index (χ0) is 25.1. The molecule has 0 N–H and O–H groups in total. The Morgan fingerprint density at radius 2 is 1.00 bits per heavy atom. The SMILES string of the molecule is C1=Cc2c3c(n(-c4cccc(-c5cccc(-n6c7c(c8ccccc86)C=CCC7)c5)c4)c2CC1)CCC=C3. The fourth-order valence-electron chi connectivity index (χ4n) is 6.85. The Labute approximate surface area is 223 Å². The molecule has 2 nitrogen and oxygen atoms in total. The molecule has 3 aliphatic rings. The zero-order valence-electron chi connectivity index (χ0n) is 21.5. The van der Waals surface area contributed by atoms with E-state index in [1.54, 1.807) is 0 Å². The van der Waals surface area contributed by atoms with Crippen molar-refractivity contribution in [3.05, 3.63) is 125 Å². The van der Waals surface area contributed by atoms with Gasteiger partial charge in [-0.15, -0.1) is 0 Å². The zero-order valence-corrected chi connectivity index (χ0v) is 21.5. The van der Waals surface area contributed by atoms with Gasteiger partial charge in [0, 0.05) is 50.5 Å². The second-order valence-electron chi connectivity index (χ2n) is 10.7. The Bertz CT molecular complexity index is 1780. The maximum absolute atomic E-state index is 2.56. The summed E-state index contributed by atoms with van der Waals surface area (Å²) in [6.45, 7) is 0. The maximum Gasteiger partial charge on any atom is 0.0537 e. The van der Waals surface area contributed by atoms with Crippen LogP contribution in [0.5, 0.6) is 0 Å². The first-order chi connectivity index (χ1) is 18.9. The Morgan fingerprint density at radius 3 is 1.63 bits per heavy atom. The average molecular weight is 491 g/mol. The lowest BCUT2D eigenvalue weighted by atomic mass is 9.97. The topological polar surface area (TPSA) is 9.86 Å². The van der Waals surface area contributed by atoms with Crippen LogP contribution in [0.15, 0.2) is 91.0 Å². The molecule has 38 heavy (non-hydrogen) atoms. The molecular weight excluding hydrogens is 460 g/mol. The molecule has 0 radical (unpaired) electrons. The molecule has 0 saturated heterocycles. The van der Waals surface area contributed by atoms with E-state index in [1.807, 2.05) is 0 Å². The minimum absolute atomic E-state index is 1.08. The average Bonchev–Trinajstić information content (AvgIpc) is 3.51.